The minimum atomic E-state index is -0.117. The molecule has 0 fully saturated rings. The molecule has 0 amide bonds. The summed E-state index contributed by atoms with van der Waals surface area (Å²) in [7, 11) is -0.117. The molecular weight excluding hydrogens is 84.2 g/mol. The fourth-order valence-electron chi connectivity index (χ4n) is 0. The fourth-order valence-corrected chi connectivity index (χ4v) is 0. The van der Waals surface area contributed by atoms with Crippen molar-refractivity contribution in [3.05, 3.63) is 12.3 Å². The summed E-state index contributed by atoms with van der Waals surface area (Å²) in [6, 6.07) is 0. The molecule has 0 radical (unpaired) electrons. The first-order valence-corrected chi connectivity index (χ1v) is 4.48. The zero-order chi connectivity index (χ0) is 3.41. The van der Waals surface area contributed by atoms with Gasteiger partial charge in [-0.1, -0.05) is 5.70 Å². The molecule has 0 aromatic rings. The maximum absolute atomic E-state index is 3.94. The molecule has 0 saturated carbocycles. The van der Waals surface area contributed by atoms with Crippen LogP contribution in [0.5, 0.6) is 0 Å². The average Bonchev–Trinajstić information content (AvgIpc) is 1.37. The molecule has 0 rings (SSSR count). The number of rotatable bonds is 1. The van der Waals surface area contributed by atoms with E-state index in [1.807, 2.05) is 5.70 Å². The molecule has 4 heavy (non-hydrogen) atoms. The van der Waals surface area contributed by atoms with Gasteiger partial charge in [0.05, 0.1) is 0 Å². The van der Waals surface area contributed by atoms with Crippen LogP contribution in [0, 0.1) is 0 Å². The third-order valence-electron chi connectivity index (χ3n) is 0.129. The Balaban J connectivity index is 2.30. The van der Waals surface area contributed by atoms with Gasteiger partial charge in [0.2, 0.25) is 0 Å². The summed E-state index contributed by atoms with van der Waals surface area (Å²) in [5, 5.41) is 0. The molecular formula is C2H6SSi. The van der Waals surface area contributed by atoms with Crippen LogP contribution < -0.4 is 0 Å². The minimum absolute atomic E-state index is 0.117. The summed E-state index contributed by atoms with van der Waals surface area (Å²) in [4.78, 5) is 0. The van der Waals surface area contributed by atoms with Crippen LogP contribution in [0.4, 0.5) is 0 Å². The molecule has 0 aliphatic heterocycles. The number of thiol groups is 1. The first-order chi connectivity index (χ1) is 1.91. The lowest BCUT2D eigenvalue weighted by molar-refractivity contribution is 2.62. The van der Waals surface area contributed by atoms with Gasteiger partial charge >= 0.3 is 0 Å². The highest BCUT2D eigenvalue weighted by molar-refractivity contribution is 8.07. The highest BCUT2D eigenvalue weighted by Gasteiger charge is 1.49. The normalized spacial score (nSPS) is 9.25. The zero-order valence-corrected chi connectivity index (χ0v) is 4.75. The lowest BCUT2D eigenvalue weighted by Crippen LogP contribution is -1.55. The quantitative estimate of drug-likeness (QED) is 0.344. The Hall–Kier alpha value is 0.307. The topological polar surface area (TPSA) is 0 Å². The van der Waals surface area contributed by atoms with E-state index in [0.717, 1.165) is 0 Å². The summed E-state index contributed by atoms with van der Waals surface area (Å²) in [5.74, 6) is 0. The molecule has 24 valence electrons. The average molecular weight is 90.2 g/mol. The van der Waals surface area contributed by atoms with Gasteiger partial charge in [-0.2, -0.15) is 0 Å². The van der Waals surface area contributed by atoms with Crippen LogP contribution in [-0.2, 0) is 0 Å². The maximum atomic E-state index is 3.94. The molecule has 0 saturated heterocycles. The molecule has 0 aromatic heterocycles. The Bertz CT molecular complexity index is 20.0. The Morgan fingerprint density at radius 3 is 2.25 bits per heavy atom. The highest BCUT2D eigenvalue weighted by Crippen LogP contribution is 1.59. The van der Waals surface area contributed by atoms with E-state index in [9.17, 15) is 0 Å². The van der Waals surface area contributed by atoms with Crippen LogP contribution in [0.15, 0.2) is 12.3 Å². The molecule has 0 atom stereocenters. The molecule has 0 nitrogen and oxygen atoms in total. The molecule has 0 aliphatic carbocycles. The van der Waals surface area contributed by atoms with E-state index in [4.69, 9.17) is 0 Å². The standard InChI is InChI=1S/C2H6SSi/c1-2-4-3/h2-3H,1,4H2. The van der Waals surface area contributed by atoms with Gasteiger partial charge in [0.1, 0.15) is 8.67 Å². The Labute approximate surface area is 33.8 Å². The van der Waals surface area contributed by atoms with Gasteiger partial charge in [-0.3, -0.25) is 0 Å². The lowest BCUT2D eigenvalue weighted by atomic mass is 11.3. The van der Waals surface area contributed by atoms with Crippen molar-refractivity contribution in [1.29, 1.82) is 0 Å². The molecule has 0 bridgehead atoms. The van der Waals surface area contributed by atoms with Gasteiger partial charge in [0.25, 0.3) is 0 Å². The van der Waals surface area contributed by atoms with E-state index in [-0.39, 0.29) is 8.67 Å². The Kier molecular flexibility index (Phi) is 3.56. The third kappa shape index (κ3) is 2.31. The monoisotopic (exact) mass is 90.0 g/mol. The first kappa shape index (κ1) is 4.31. The largest absolute Gasteiger partial charge is 0.205 e. The molecule has 0 aromatic carbocycles. The second kappa shape index (κ2) is 3.31. The molecule has 0 aliphatic rings. The van der Waals surface area contributed by atoms with Crippen LogP contribution >= 0.6 is 12.1 Å². The van der Waals surface area contributed by atoms with Gasteiger partial charge in [-0.25, -0.2) is 12.1 Å². The molecule has 0 unspecified atom stereocenters. The van der Waals surface area contributed by atoms with Crippen molar-refractivity contribution in [2.75, 3.05) is 0 Å². The maximum Gasteiger partial charge on any atom is 0.104 e. The van der Waals surface area contributed by atoms with E-state index in [2.05, 4.69) is 18.7 Å². The van der Waals surface area contributed by atoms with Crippen molar-refractivity contribution in [2.45, 2.75) is 0 Å². The molecule has 2 heteroatoms. The van der Waals surface area contributed by atoms with Crippen molar-refractivity contribution in [3.63, 3.8) is 0 Å². The zero-order valence-electron chi connectivity index (χ0n) is 2.44. The summed E-state index contributed by atoms with van der Waals surface area (Å²) >= 11 is 3.94. The van der Waals surface area contributed by atoms with Crippen molar-refractivity contribution < 1.29 is 0 Å². The van der Waals surface area contributed by atoms with Crippen LogP contribution in [-0.4, -0.2) is 8.67 Å². The van der Waals surface area contributed by atoms with E-state index in [1.54, 1.807) is 0 Å². The van der Waals surface area contributed by atoms with E-state index in [0.29, 0.717) is 0 Å². The SMILES string of the molecule is C=C[SiH2]S. The van der Waals surface area contributed by atoms with Crippen molar-refractivity contribution in [2.24, 2.45) is 0 Å². The molecule has 0 spiro atoms. The van der Waals surface area contributed by atoms with Crippen molar-refractivity contribution in [3.8, 4) is 0 Å². The first-order valence-electron chi connectivity index (χ1n) is 1.13. The van der Waals surface area contributed by atoms with Gasteiger partial charge in [-0.05, 0) is 0 Å². The summed E-state index contributed by atoms with van der Waals surface area (Å²) in [6.45, 7) is 3.46. The van der Waals surface area contributed by atoms with Crippen molar-refractivity contribution >= 4 is 20.7 Å². The van der Waals surface area contributed by atoms with E-state index >= 15 is 0 Å². The van der Waals surface area contributed by atoms with Crippen LogP contribution in [0.2, 0.25) is 0 Å². The van der Waals surface area contributed by atoms with Gasteiger partial charge in [0.15, 0.2) is 0 Å². The summed E-state index contributed by atoms with van der Waals surface area (Å²) < 4.78 is 0. The Morgan fingerprint density at radius 1 is 2.00 bits per heavy atom. The molecule has 0 heterocycles. The molecule has 0 N–H and O–H groups in total. The van der Waals surface area contributed by atoms with Crippen LogP contribution in [0.25, 0.3) is 0 Å². The van der Waals surface area contributed by atoms with Crippen LogP contribution in [0.3, 0.4) is 0 Å². The second-order valence-corrected chi connectivity index (χ2v) is 2.51. The Morgan fingerprint density at radius 2 is 2.25 bits per heavy atom. The van der Waals surface area contributed by atoms with Gasteiger partial charge < -0.3 is 0 Å². The second-order valence-electron chi connectivity index (χ2n) is 0.471. The van der Waals surface area contributed by atoms with E-state index in [1.165, 1.54) is 0 Å². The lowest BCUT2D eigenvalue weighted by Gasteiger charge is -1.55. The minimum Gasteiger partial charge on any atom is -0.205 e. The predicted molar refractivity (Wildman–Crippen MR) is 27.7 cm³/mol. The predicted octanol–water partition coefficient (Wildman–Crippen LogP) is 0.143. The number of hydrogen-bond donors (Lipinski definition) is 1. The van der Waals surface area contributed by atoms with Crippen molar-refractivity contribution in [1.82, 2.24) is 0 Å². The van der Waals surface area contributed by atoms with Gasteiger partial charge in [-0.15, -0.1) is 6.58 Å². The summed E-state index contributed by atoms with van der Waals surface area (Å²) in [6.07, 6.45) is 0. The number of hydrogen-bond acceptors (Lipinski definition) is 1. The summed E-state index contributed by atoms with van der Waals surface area (Å²) in [5.41, 5.74) is 1.88. The highest BCUT2D eigenvalue weighted by atomic mass is 32.3. The van der Waals surface area contributed by atoms with Gasteiger partial charge in [0, 0.05) is 0 Å². The third-order valence-corrected chi connectivity index (χ3v) is 1.16. The fraction of sp³-hybridized carbons (Fsp3) is 0. The van der Waals surface area contributed by atoms with Crippen LogP contribution in [0.1, 0.15) is 0 Å². The van der Waals surface area contributed by atoms with E-state index < -0.39 is 0 Å². The smallest absolute Gasteiger partial charge is 0.104 e.